The van der Waals surface area contributed by atoms with Gasteiger partial charge in [-0.2, -0.15) is 0 Å². The van der Waals surface area contributed by atoms with E-state index in [4.69, 9.17) is 0 Å². The Hall–Kier alpha value is -3.09. The third-order valence-corrected chi connectivity index (χ3v) is 14.5. The molecular formula is C41H61N3O4. The molecule has 1 aromatic rings. The third-order valence-electron chi connectivity index (χ3n) is 14.5. The van der Waals surface area contributed by atoms with E-state index >= 15 is 0 Å². The predicted molar refractivity (Wildman–Crippen MR) is 193 cm³/mol. The molecule has 0 aliphatic heterocycles. The molecular weight excluding hydrogens is 598 g/mol. The molecule has 0 bridgehead atoms. The van der Waals surface area contributed by atoms with Crippen molar-refractivity contribution in [1.82, 2.24) is 16.0 Å². The van der Waals surface area contributed by atoms with Crippen LogP contribution in [0.4, 0.5) is 4.79 Å². The minimum atomic E-state index is -0.878. The van der Waals surface area contributed by atoms with Gasteiger partial charge in [0, 0.05) is 25.6 Å². The van der Waals surface area contributed by atoms with Crippen LogP contribution in [0.25, 0.3) is 5.57 Å². The zero-order valence-corrected chi connectivity index (χ0v) is 30.6. The van der Waals surface area contributed by atoms with Gasteiger partial charge in [0.05, 0.1) is 5.56 Å². The molecule has 5 aliphatic rings. The molecule has 4 N–H and O–H groups in total. The highest BCUT2D eigenvalue weighted by atomic mass is 16.4. The van der Waals surface area contributed by atoms with Crippen LogP contribution in [-0.2, 0) is 4.79 Å². The number of urea groups is 1. The van der Waals surface area contributed by atoms with Crippen LogP contribution >= 0.6 is 0 Å². The van der Waals surface area contributed by atoms with E-state index in [1.165, 1.54) is 51.0 Å². The molecule has 4 fully saturated rings. The van der Waals surface area contributed by atoms with Gasteiger partial charge in [-0.05, 0) is 133 Å². The first-order chi connectivity index (χ1) is 22.6. The fourth-order valence-corrected chi connectivity index (χ4v) is 12.4. The van der Waals surface area contributed by atoms with E-state index in [2.05, 4.69) is 63.2 Å². The minimum Gasteiger partial charge on any atom is -0.478 e. The number of hydrogen-bond donors (Lipinski definition) is 4. The zero-order chi connectivity index (χ0) is 35.1. The first-order valence-electron chi connectivity index (χ1n) is 18.5. The maximum Gasteiger partial charge on any atom is 0.335 e. The second-order valence-corrected chi connectivity index (χ2v) is 17.0. The quantitative estimate of drug-likeness (QED) is 0.181. The number of nitrogens with one attached hydrogen (secondary N) is 3. The van der Waals surface area contributed by atoms with Crippen molar-refractivity contribution in [3.05, 3.63) is 54.1 Å². The van der Waals surface area contributed by atoms with Gasteiger partial charge in [-0.1, -0.05) is 65.3 Å². The minimum absolute atomic E-state index is 0.00120. The van der Waals surface area contributed by atoms with Crippen molar-refractivity contribution in [3.63, 3.8) is 0 Å². The number of allylic oxidation sites excluding steroid dienone is 3. The summed E-state index contributed by atoms with van der Waals surface area (Å²) in [5.41, 5.74) is 3.47. The van der Waals surface area contributed by atoms with Gasteiger partial charge in [-0.15, -0.1) is 6.58 Å². The summed E-state index contributed by atoms with van der Waals surface area (Å²) in [6, 6.07) is 7.42. The predicted octanol–water partition coefficient (Wildman–Crippen LogP) is 8.61. The number of aromatic carboxylic acids is 1. The van der Waals surface area contributed by atoms with Crippen LogP contribution in [0.15, 0.2) is 43.0 Å². The first-order valence-corrected chi connectivity index (χ1v) is 18.5. The molecule has 0 radical (unpaired) electrons. The van der Waals surface area contributed by atoms with E-state index in [1.807, 2.05) is 19.1 Å². The topological polar surface area (TPSA) is 108 Å². The number of amides is 3. The molecule has 7 unspecified atom stereocenters. The van der Waals surface area contributed by atoms with E-state index < -0.39 is 5.97 Å². The van der Waals surface area contributed by atoms with Crippen LogP contribution in [0.5, 0.6) is 0 Å². The molecule has 0 aromatic heterocycles. The largest absolute Gasteiger partial charge is 0.478 e. The fourth-order valence-electron chi connectivity index (χ4n) is 12.4. The molecule has 264 valence electrons. The Morgan fingerprint density at radius 2 is 1.52 bits per heavy atom. The molecule has 8 atom stereocenters. The van der Waals surface area contributed by atoms with Crippen LogP contribution < -0.4 is 16.0 Å². The summed E-state index contributed by atoms with van der Waals surface area (Å²) in [5, 5.41) is 18.7. The van der Waals surface area contributed by atoms with Gasteiger partial charge in [0.25, 0.3) is 0 Å². The van der Waals surface area contributed by atoms with Gasteiger partial charge in [-0.25, -0.2) is 9.59 Å². The molecule has 0 spiro atoms. The van der Waals surface area contributed by atoms with E-state index in [1.54, 1.807) is 18.2 Å². The monoisotopic (exact) mass is 659 g/mol. The van der Waals surface area contributed by atoms with Crippen molar-refractivity contribution in [2.45, 2.75) is 118 Å². The lowest BCUT2D eigenvalue weighted by molar-refractivity contribution is -0.216. The Labute approximate surface area is 289 Å². The Balaban J connectivity index is 0.00000145. The molecule has 5 aliphatic carbocycles. The maximum atomic E-state index is 13.1. The van der Waals surface area contributed by atoms with Crippen molar-refractivity contribution in [1.29, 1.82) is 0 Å². The highest BCUT2D eigenvalue weighted by Crippen LogP contribution is 2.76. The van der Waals surface area contributed by atoms with Crippen molar-refractivity contribution in [2.24, 2.45) is 45.3 Å². The Bertz CT molecular complexity index is 1430. The maximum absolute atomic E-state index is 13.1. The summed E-state index contributed by atoms with van der Waals surface area (Å²) < 4.78 is 0. The molecule has 48 heavy (non-hydrogen) atoms. The average Bonchev–Trinajstić information content (AvgIpc) is 3.43. The summed E-state index contributed by atoms with van der Waals surface area (Å²) in [7, 11) is 0. The number of fused-ring (bicyclic) bond motifs is 7. The number of carbonyl (C=O) groups excluding carboxylic acids is 2. The molecule has 3 amide bonds. The van der Waals surface area contributed by atoms with Crippen molar-refractivity contribution in [3.8, 4) is 0 Å². The second-order valence-electron chi connectivity index (χ2n) is 17.0. The van der Waals surface area contributed by atoms with Crippen LogP contribution in [0.3, 0.4) is 0 Å². The van der Waals surface area contributed by atoms with Crippen LogP contribution in [0.1, 0.15) is 129 Å². The highest BCUT2D eigenvalue weighted by molar-refractivity contribution is 5.88. The second kappa shape index (κ2) is 13.3. The number of carbonyl (C=O) groups is 3. The Kier molecular flexibility index (Phi) is 10.0. The van der Waals surface area contributed by atoms with Gasteiger partial charge in [0.1, 0.15) is 0 Å². The Morgan fingerprint density at radius 3 is 2.17 bits per heavy atom. The highest BCUT2D eigenvalue weighted by Gasteiger charge is 2.69. The lowest BCUT2D eigenvalue weighted by Gasteiger charge is -2.72. The summed E-state index contributed by atoms with van der Waals surface area (Å²) in [6.07, 6.45) is 15.9. The van der Waals surface area contributed by atoms with E-state index in [0.29, 0.717) is 42.3 Å². The summed E-state index contributed by atoms with van der Waals surface area (Å²) in [4.78, 5) is 35.8. The molecule has 4 saturated carbocycles. The number of benzene rings is 1. The first kappa shape index (κ1) is 36.2. The number of carboxylic acids is 1. The van der Waals surface area contributed by atoms with Crippen molar-refractivity contribution in [2.75, 3.05) is 13.1 Å². The molecule has 7 heteroatoms. The van der Waals surface area contributed by atoms with E-state index in [9.17, 15) is 19.5 Å². The summed E-state index contributed by atoms with van der Waals surface area (Å²) >= 11 is 0. The standard InChI is InChI=1S/C38H55N3O4.C3H6/c1-24(42)39-22-23-40-33(45)41-38-17-7-8-29(38)28-13-14-31-35(4)18-15-27(25-9-11-26(12-10-25)32(43)44)34(2,3)30(35)16-19-37(31,6)36(28,5)20-21-38;1-3-2/h9-12,15,28-31H,7-8,13-14,16-23H2,1-6H3,(H,39,42)(H,43,44)(H2,40,41,45);3H,1H2,2H3/t28?,29?,30?,31?,35?,36-,37?,38?;/m1./s1. The van der Waals surface area contributed by atoms with Gasteiger partial charge in [0.15, 0.2) is 0 Å². The molecule has 0 heterocycles. The summed E-state index contributed by atoms with van der Waals surface area (Å²) in [6.45, 7) is 20.4. The van der Waals surface area contributed by atoms with Crippen molar-refractivity contribution < 1.29 is 19.5 Å². The molecule has 7 nitrogen and oxygen atoms in total. The van der Waals surface area contributed by atoms with Crippen molar-refractivity contribution >= 4 is 23.5 Å². The lowest BCUT2D eigenvalue weighted by atomic mass is 9.33. The fraction of sp³-hybridized carbons (Fsp3) is 0.683. The van der Waals surface area contributed by atoms with Gasteiger partial charge < -0.3 is 21.1 Å². The van der Waals surface area contributed by atoms with Crippen LogP contribution in [0, 0.1) is 45.3 Å². The summed E-state index contributed by atoms with van der Waals surface area (Å²) in [5.74, 6) is 1.39. The lowest BCUT2D eigenvalue weighted by Crippen LogP contribution is -2.68. The molecule has 0 saturated heterocycles. The SMILES string of the molecule is C=CC.CC(=O)NCCNC(=O)NC12CCCC1C1CCC3C4(C)CC=C(c5ccc(C(=O)O)cc5)C(C)(C)C4CCC3(C)[C@]1(C)CC2. The van der Waals surface area contributed by atoms with Crippen LogP contribution in [0.2, 0.25) is 0 Å². The number of rotatable bonds is 6. The molecule has 1 aromatic carbocycles. The number of hydrogen-bond acceptors (Lipinski definition) is 3. The number of carboxylic acid groups (broad SMARTS) is 1. The Morgan fingerprint density at radius 1 is 0.854 bits per heavy atom. The van der Waals surface area contributed by atoms with E-state index in [0.717, 1.165) is 31.2 Å². The third kappa shape index (κ3) is 5.91. The van der Waals surface area contributed by atoms with E-state index in [-0.39, 0.29) is 39.1 Å². The van der Waals surface area contributed by atoms with Crippen LogP contribution in [-0.4, -0.2) is 41.6 Å². The average molecular weight is 660 g/mol. The van der Waals surface area contributed by atoms with Gasteiger partial charge in [-0.3, -0.25) is 4.79 Å². The molecule has 6 rings (SSSR count). The van der Waals surface area contributed by atoms with Gasteiger partial charge in [0.2, 0.25) is 5.91 Å². The zero-order valence-electron chi connectivity index (χ0n) is 30.6. The van der Waals surface area contributed by atoms with Gasteiger partial charge >= 0.3 is 12.0 Å². The smallest absolute Gasteiger partial charge is 0.335 e. The normalized spacial score (nSPS) is 37.4.